The molecular weight excluding hydrogens is 354 g/mol. The van der Waals surface area contributed by atoms with Gasteiger partial charge in [-0.1, -0.05) is 13.0 Å². The quantitative estimate of drug-likeness (QED) is 0.331. The Bertz CT molecular complexity index is 826. The van der Waals surface area contributed by atoms with Gasteiger partial charge in [-0.25, -0.2) is 0 Å². The third-order valence-electron chi connectivity index (χ3n) is 4.54. The lowest BCUT2D eigenvalue weighted by atomic mass is 10.1. The molecule has 0 atom stereocenters. The van der Waals surface area contributed by atoms with Crippen LogP contribution in [0.5, 0.6) is 5.75 Å². The van der Waals surface area contributed by atoms with E-state index in [0.717, 1.165) is 42.0 Å². The number of benzene rings is 2. The predicted octanol–water partition coefficient (Wildman–Crippen LogP) is 3.50. The highest BCUT2D eigenvalue weighted by Crippen LogP contribution is 2.32. The van der Waals surface area contributed by atoms with Gasteiger partial charge in [0.1, 0.15) is 5.75 Å². The van der Waals surface area contributed by atoms with Crippen LogP contribution in [0, 0.1) is 11.3 Å². The van der Waals surface area contributed by atoms with Crippen molar-refractivity contribution in [3.63, 3.8) is 0 Å². The molecule has 0 amide bonds. The number of aliphatic hydroxyl groups excluding tert-OH is 1. The fraction of sp³-hybridized carbons (Fsp3) is 0.318. The van der Waals surface area contributed by atoms with Crippen molar-refractivity contribution in [2.24, 2.45) is 0 Å². The van der Waals surface area contributed by atoms with E-state index in [9.17, 15) is 0 Å². The number of nitriles is 1. The number of nitrogens with zero attached hydrogens (tertiary/aromatic N) is 2. The van der Waals surface area contributed by atoms with Gasteiger partial charge in [-0.3, -0.25) is 0 Å². The van der Waals surface area contributed by atoms with Crippen molar-refractivity contribution in [2.45, 2.75) is 32.0 Å². The van der Waals surface area contributed by atoms with Gasteiger partial charge in [-0.05, 0) is 67.3 Å². The van der Waals surface area contributed by atoms with Crippen molar-refractivity contribution in [2.75, 3.05) is 24.3 Å². The fourth-order valence-corrected chi connectivity index (χ4v) is 2.98. The first-order valence-electron chi connectivity index (χ1n) is 9.23. The molecule has 0 fully saturated rings. The van der Waals surface area contributed by atoms with Gasteiger partial charge in [0.05, 0.1) is 30.1 Å². The molecule has 28 heavy (non-hydrogen) atoms. The molecule has 0 aliphatic heterocycles. The average Bonchev–Trinajstić information content (AvgIpc) is 2.70. The Morgan fingerprint density at radius 2 is 1.89 bits per heavy atom. The average molecular weight is 381 g/mol. The molecule has 0 heterocycles. The number of hydrogen-bond acceptors (Lipinski definition) is 6. The summed E-state index contributed by atoms with van der Waals surface area (Å²) in [6.45, 7) is 4.92. The van der Waals surface area contributed by atoms with Crippen LogP contribution in [0.3, 0.4) is 0 Å². The van der Waals surface area contributed by atoms with E-state index in [4.69, 9.17) is 25.9 Å². The molecule has 6 heteroatoms. The van der Waals surface area contributed by atoms with E-state index >= 15 is 0 Å². The number of unbranched alkanes of at least 4 members (excludes halogenated alkanes) is 2. The summed E-state index contributed by atoms with van der Waals surface area (Å²) in [7, 11) is 1.62. The normalized spacial score (nSPS) is 10.5. The van der Waals surface area contributed by atoms with Crippen molar-refractivity contribution < 1.29 is 14.9 Å². The van der Waals surface area contributed by atoms with Crippen LogP contribution in [0.15, 0.2) is 49.0 Å². The highest BCUT2D eigenvalue weighted by Gasteiger charge is 2.15. The monoisotopic (exact) mass is 381 g/mol. The number of methoxy groups -OCH3 is 1. The summed E-state index contributed by atoms with van der Waals surface area (Å²) < 4.78 is 5.22. The number of hydrogen-bond donors (Lipinski definition) is 3. The molecule has 4 N–H and O–H groups in total. The maximum Gasteiger partial charge on any atom is 0.151 e. The molecule has 0 radical (unpaired) electrons. The third-order valence-corrected chi connectivity index (χ3v) is 4.54. The molecule has 0 saturated carbocycles. The standard InChI is InChI=1S/C22H27N3O3/c1-16(18-8-10-19(28-2)11-9-18)25(13-5-3-4-6-22(26)27)21-12-7-17(15-23)14-20(21)24/h7-12,14,22,26-27H,1,3-6,13,24H2,2H3. The minimum atomic E-state index is -1.26. The van der Waals surface area contributed by atoms with Gasteiger partial charge < -0.3 is 25.6 Å². The summed E-state index contributed by atoms with van der Waals surface area (Å²) in [5, 5.41) is 27.0. The second-order valence-electron chi connectivity index (χ2n) is 6.54. The number of aliphatic hydroxyl groups is 2. The summed E-state index contributed by atoms with van der Waals surface area (Å²) in [6, 6.07) is 15.0. The molecule has 2 aromatic rings. The summed E-state index contributed by atoms with van der Waals surface area (Å²) in [6.07, 6.45) is 1.50. The largest absolute Gasteiger partial charge is 0.497 e. The van der Waals surface area contributed by atoms with E-state index in [2.05, 4.69) is 12.6 Å². The Morgan fingerprint density at radius 3 is 2.46 bits per heavy atom. The first-order valence-corrected chi connectivity index (χ1v) is 9.23. The van der Waals surface area contributed by atoms with Crippen molar-refractivity contribution in [3.05, 3.63) is 60.2 Å². The highest BCUT2D eigenvalue weighted by molar-refractivity contribution is 5.84. The molecule has 0 aromatic heterocycles. The number of nitrogens with two attached hydrogens (primary N) is 1. The number of nitrogen functional groups attached to an aromatic ring is 1. The van der Waals surface area contributed by atoms with Crippen LogP contribution in [-0.4, -0.2) is 30.2 Å². The number of anilines is 2. The molecule has 0 aliphatic rings. The first-order chi connectivity index (χ1) is 13.5. The molecule has 148 valence electrons. The fourth-order valence-electron chi connectivity index (χ4n) is 2.98. The molecule has 0 spiro atoms. The van der Waals surface area contributed by atoms with E-state index in [1.807, 2.05) is 35.2 Å². The summed E-state index contributed by atoms with van der Waals surface area (Å²) in [5.41, 5.74) is 9.76. The van der Waals surface area contributed by atoms with Crippen LogP contribution >= 0.6 is 0 Å². The maximum atomic E-state index is 9.08. The van der Waals surface area contributed by atoms with Crippen LogP contribution in [0.1, 0.15) is 36.8 Å². The van der Waals surface area contributed by atoms with E-state index in [-0.39, 0.29) is 0 Å². The highest BCUT2D eigenvalue weighted by atomic mass is 16.5. The van der Waals surface area contributed by atoms with Gasteiger partial charge in [0.2, 0.25) is 0 Å². The minimum Gasteiger partial charge on any atom is -0.497 e. The lowest BCUT2D eigenvalue weighted by Crippen LogP contribution is -2.23. The second-order valence-corrected chi connectivity index (χ2v) is 6.54. The molecule has 2 aromatic carbocycles. The Labute approximate surface area is 166 Å². The van der Waals surface area contributed by atoms with Gasteiger partial charge >= 0.3 is 0 Å². The maximum absolute atomic E-state index is 9.08. The topological polar surface area (TPSA) is 103 Å². The summed E-state index contributed by atoms with van der Waals surface area (Å²) in [4.78, 5) is 2.04. The van der Waals surface area contributed by atoms with Crippen LogP contribution in [0.4, 0.5) is 11.4 Å². The minimum absolute atomic E-state index is 0.360. The third kappa shape index (κ3) is 5.74. The zero-order valence-corrected chi connectivity index (χ0v) is 16.1. The Morgan fingerprint density at radius 1 is 1.18 bits per heavy atom. The van der Waals surface area contributed by atoms with E-state index in [1.54, 1.807) is 19.2 Å². The van der Waals surface area contributed by atoms with E-state index < -0.39 is 6.29 Å². The Hall–Kier alpha value is -3.01. The molecule has 0 unspecified atom stereocenters. The molecule has 0 saturated heterocycles. The smallest absolute Gasteiger partial charge is 0.151 e. The second kappa shape index (κ2) is 10.4. The van der Waals surface area contributed by atoms with Crippen LogP contribution in [0.25, 0.3) is 5.70 Å². The zero-order chi connectivity index (χ0) is 20.5. The summed E-state index contributed by atoms with van der Waals surface area (Å²) >= 11 is 0. The van der Waals surface area contributed by atoms with Gasteiger partial charge in [-0.2, -0.15) is 5.26 Å². The SMILES string of the molecule is C=C(c1ccc(OC)cc1)N(CCCCCC(O)O)c1ccc(C#N)cc1N. The van der Waals surface area contributed by atoms with Gasteiger partial charge in [-0.15, -0.1) is 0 Å². The lowest BCUT2D eigenvalue weighted by Gasteiger charge is -2.28. The van der Waals surface area contributed by atoms with E-state index in [1.165, 1.54) is 0 Å². The molecule has 0 aliphatic carbocycles. The lowest BCUT2D eigenvalue weighted by molar-refractivity contribution is -0.0465. The van der Waals surface area contributed by atoms with Crippen molar-refractivity contribution in [3.8, 4) is 11.8 Å². The molecule has 2 rings (SSSR count). The van der Waals surface area contributed by atoms with Gasteiger partial charge in [0.15, 0.2) is 6.29 Å². The van der Waals surface area contributed by atoms with Gasteiger partial charge in [0.25, 0.3) is 0 Å². The van der Waals surface area contributed by atoms with Crippen molar-refractivity contribution in [1.29, 1.82) is 5.26 Å². The Kier molecular flexibility index (Phi) is 7.88. The van der Waals surface area contributed by atoms with E-state index in [0.29, 0.717) is 24.2 Å². The zero-order valence-electron chi connectivity index (χ0n) is 16.1. The van der Waals surface area contributed by atoms with Crippen LogP contribution in [-0.2, 0) is 0 Å². The predicted molar refractivity (Wildman–Crippen MR) is 112 cm³/mol. The van der Waals surface area contributed by atoms with Crippen LogP contribution < -0.4 is 15.4 Å². The first kappa shape index (κ1) is 21.3. The van der Waals surface area contributed by atoms with Crippen molar-refractivity contribution in [1.82, 2.24) is 0 Å². The number of rotatable bonds is 10. The Balaban J connectivity index is 2.22. The molecular formula is C22H27N3O3. The van der Waals surface area contributed by atoms with Crippen molar-refractivity contribution >= 4 is 17.1 Å². The number of ether oxygens (including phenoxy) is 1. The van der Waals surface area contributed by atoms with Crippen LogP contribution in [0.2, 0.25) is 0 Å². The molecule has 6 nitrogen and oxygen atoms in total. The van der Waals surface area contributed by atoms with Gasteiger partial charge in [0, 0.05) is 12.2 Å². The molecule has 0 bridgehead atoms. The summed E-state index contributed by atoms with van der Waals surface area (Å²) in [5.74, 6) is 0.767.